The van der Waals surface area contributed by atoms with E-state index in [1.54, 1.807) is 12.1 Å². The average Bonchev–Trinajstić information content (AvgIpc) is 3.06. The molecular formula is C15H8Cl2N2O5S2. The second-order valence-electron chi connectivity index (χ2n) is 5.04. The van der Waals surface area contributed by atoms with Gasteiger partial charge >= 0.3 is 0 Å². The topological polar surface area (TPSA) is 109 Å². The van der Waals surface area contributed by atoms with Crippen molar-refractivity contribution in [2.45, 2.75) is 4.21 Å². The number of nitrogens with one attached hydrogen (secondary N) is 2. The minimum atomic E-state index is -4.13. The maximum absolute atomic E-state index is 12.1. The summed E-state index contributed by atoms with van der Waals surface area (Å²) in [5.74, 6) is -2.43. The summed E-state index contributed by atoms with van der Waals surface area (Å²) in [6.07, 6.45) is 2.19. The van der Waals surface area contributed by atoms with Gasteiger partial charge in [-0.25, -0.2) is 13.1 Å². The summed E-state index contributed by atoms with van der Waals surface area (Å²) in [5.41, 5.74) is 0.764. The first-order valence-electron chi connectivity index (χ1n) is 6.87. The lowest BCUT2D eigenvalue weighted by molar-refractivity contribution is -0.115. The van der Waals surface area contributed by atoms with Crippen LogP contribution in [0.25, 0.3) is 6.08 Å². The van der Waals surface area contributed by atoms with Gasteiger partial charge in [0, 0.05) is 6.08 Å². The minimum Gasteiger partial charge on any atom is -0.318 e. The smallest absolute Gasteiger partial charge is 0.296 e. The van der Waals surface area contributed by atoms with Gasteiger partial charge < -0.3 is 5.32 Å². The number of thiophene rings is 1. The van der Waals surface area contributed by atoms with Crippen LogP contribution in [-0.4, -0.2) is 26.0 Å². The normalized spacial score (nSPS) is 13.8. The number of ketones is 1. The molecule has 0 saturated heterocycles. The summed E-state index contributed by atoms with van der Waals surface area (Å²) in [6.45, 7) is 0. The zero-order valence-electron chi connectivity index (χ0n) is 12.6. The summed E-state index contributed by atoms with van der Waals surface area (Å²) in [6, 6.07) is 5.79. The fourth-order valence-electron chi connectivity index (χ4n) is 2.20. The van der Waals surface area contributed by atoms with Crippen LogP contribution in [0.2, 0.25) is 9.36 Å². The number of amides is 2. The zero-order valence-corrected chi connectivity index (χ0v) is 15.7. The lowest BCUT2D eigenvalue weighted by Gasteiger charge is -2.03. The van der Waals surface area contributed by atoms with Crippen molar-refractivity contribution < 1.29 is 22.8 Å². The Balaban J connectivity index is 1.80. The largest absolute Gasteiger partial charge is 0.318 e. The van der Waals surface area contributed by atoms with Crippen LogP contribution < -0.4 is 10.0 Å². The molecule has 0 radical (unpaired) electrons. The lowest BCUT2D eigenvalue weighted by atomic mass is 10.0. The Hall–Kier alpha value is -2.20. The van der Waals surface area contributed by atoms with Gasteiger partial charge in [-0.15, -0.1) is 11.3 Å². The van der Waals surface area contributed by atoms with E-state index in [0.29, 0.717) is 22.6 Å². The Kier molecular flexibility index (Phi) is 4.89. The number of benzene rings is 1. The molecule has 2 aromatic rings. The maximum Gasteiger partial charge on any atom is 0.296 e. The van der Waals surface area contributed by atoms with E-state index in [1.165, 1.54) is 12.1 Å². The molecule has 1 aromatic heterocycles. The predicted octanol–water partition coefficient (Wildman–Crippen LogP) is 2.71. The SMILES string of the molecule is O=C(C=Cc1cccc2c1C(=O)C(=O)N2)NS(=O)(=O)c1cc(Cl)c(Cl)s1. The first-order chi connectivity index (χ1) is 12.2. The molecule has 1 aliphatic rings. The van der Waals surface area contributed by atoms with Gasteiger partial charge in [0.05, 0.1) is 16.3 Å². The molecule has 0 bridgehead atoms. The Bertz CT molecular complexity index is 1070. The molecule has 3 rings (SSSR count). The second-order valence-corrected chi connectivity index (χ2v) is 9.01. The van der Waals surface area contributed by atoms with Crippen LogP contribution >= 0.6 is 34.5 Å². The van der Waals surface area contributed by atoms with Crippen molar-refractivity contribution >= 4 is 73.9 Å². The van der Waals surface area contributed by atoms with Crippen molar-refractivity contribution in [3.05, 3.63) is 50.8 Å². The fraction of sp³-hybridized carbons (Fsp3) is 0. The number of fused-ring (bicyclic) bond motifs is 1. The van der Waals surface area contributed by atoms with Gasteiger partial charge in [-0.2, -0.15) is 0 Å². The van der Waals surface area contributed by atoms with Crippen molar-refractivity contribution in [1.29, 1.82) is 0 Å². The second kappa shape index (κ2) is 6.84. The Morgan fingerprint density at radius 1 is 1.23 bits per heavy atom. The van der Waals surface area contributed by atoms with Crippen molar-refractivity contribution in [2.75, 3.05) is 5.32 Å². The zero-order chi connectivity index (χ0) is 19.1. The monoisotopic (exact) mass is 430 g/mol. The Labute approximate surface area is 161 Å². The van der Waals surface area contributed by atoms with Crippen molar-refractivity contribution in [3.8, 4) is 0 Å². The molecule has 0 spiro atoms. The summed E-state index contributed by atoms with van der Waals surface area (Å²) < 4.78 is 26.0. The fourth-order valence-corrected chi connectivity index (χ4v) is 5.03. The van der Waals surface area contributed by atoms with Gasteiger partial charge in [0.15, 0.2) is 0 Å². The third kappa shape index (κ3) is 3.51. The van der Waals surface area contributed by atoms with E-state index in [1.807, 2.05) is 4.72 Å². The van der Waals surface area contributed by atoms with Gasteiger partial charge in [-0.05, 0) is 23.8 Å². The molecule has 11 heteroatoms. The van der Waals surface area contributed by atoms with Gasteiger partial charge in [-0.3, -0.25) is 14.4 Å². The molecule has 1 aromatic carbocycles. The molecule has 1 aliphatic heterocycles. The van der Waals surface area contributed by atoms with E-state index >= 15 is 0 Å². The van der Waals surface area contributed by atoms with E-state index in [9.17, 15) is 22.8 Å². The molecule has 2 heterocycles. The van der Waals surface area contributed by atoms with Crippen LogP contribution in [0.3, 0.4) is 0 Å². The van der Waals surface area contributed by atoms with E-state index in [-0.39, 0.29) is 19.1 Å². The van der Waals surface area contributed by atoms with Gasteiger partial charge in [0.1, 0.15) is 8.55 Å². The van der Waals surface area contributed by atoms with Crippen LogP contribution in [0.1, 0.15) is 15.9 Å². The molecule has 2 amide bonds. The van der Waals surface area contributed by atoms with Crippen molar-refractivity contribution in [3.63, 3.8) is 0 Å². The highest BCUT2D eigenvalue weighted by Crippen LogP contribution is 2.34. The van der Waals surface area contributed by atoms with Crippen molar-refractivity contribution in [2.24, 2.45) is 0 Å². The standard InChI is InChI=1S/C15H8Cl2N2O5S2/c16-8-6-11(25-14(8)17)26(23,24)19-10(20)5-4-7-2-1-3-9-12(7)13(21)15(22)18-9/h1-6H,(H,19,20)(H,18,21,22). The van der Waals surface area contributed by atoms with Crippen LogP contribution in [-0.2, 0) is 19.6 Å². The predicted molar refractivity (Wildman–Crippen MR) is 98.1 cm³/mol. The third-order valence-electron chi connectivity index (χ3n) is 3.31. The van der Waals surface area contributed by atoms with Gasteiger partial charge in [-0.1, -0.05) is 35.3 Å². The van der Waals surface area contributed by atoms with E-state index in [4.69, 9.17) is 23.2 Å². The first-order valence-corrected chi connectivity index (χ1v) is 9.93. The Morgan fingerprint density at radius 2 is 1.96 bits per heavy atom. The highest BCUT2D eigenvalue weighted by Gasteiger charge is 2.29. The molecule has 26 heavy (non-hydrogen) atoms. The third-order valence-corrected chi connectivity index (χ3v) is 7.00. The lowest BCUT2D eigenvalue weighted by Crippen LogP contribution is -2.28. The molecule has 0 saturated carbocycles. The highest BCUT2D eigenvalue weighted by molar-refractivity contribution is 7.92. The molecule has 0 unspecified atom stereocenters. The number of anilines is 1. The molecular weight excluding hydrogens is 423 g/mol. The summed E-state index contributed by atoms with van der Waals surface area (Å²) in [7, 11) is -4.13. The number of hydrogen-bond acceptors (Lipinski definition) is 6. The highest BCUT2D eigenvalue weighted by atomic mass is 35.5. The number of Topliss-reactive ketones (excluding diaryl/α,β-unsaturated/α-hetero) is 1. The molecule has 0 fully saturated rings. The van der Waals surface area contributed by atoms with Gasteiger partial charge in [0.25, 0.3) is 27.6 Å². The molecule has 2 N–H and O–H groups in total. The van der Waals surface area contributed by atoms with Crippen molar-refractivity contribution in [1.82, 2.24) is 4.72 Å². The number of halogens is 2. The summed E-state index contributed by atoms with van der Waals surface area (Å²) in [4.78, 5) is 35.2. The Morgan fingerprint density at radius 3 is 2.62 bits per heavy atom. The quantitative estimate of drug-likeness (QED) is 0.572. The minimum absolute atomic E-state index is 0.0653. The molecule has 0 atom stereocenters. The van der Waals surface area contributed by atoms with E-state index < -0.39 is 27.6 Å². The van der Waals surface area contributed by atoms with Gasteiger partial charge in [0.2, 0.25) is 0 Å². The maximum atomic E-state index is 12.1. The number of sulfonamides is 1. The van der Waals surface area contributed by atoms with Crippen LogP contribution in [0.15, 0.2) is 34.6 Å². The van der Waals surface area contributed by atoms with Crippen LogP contribution in [0, 0.1) is 0 Å². The van der Waals surface area contributed by atoms with Crippen LogP contribution in [0.5, 0.6) is 0 Å². The number of carbonyl (C=O) groups excluding carboxylic acids is 3. The molecule has 0 aliphatic carbocycles. The average molecular weight is 431 g/mol. The number of hydrogen-bond donors (Lipinski definition) is 2. The summed E-state index contributed by atoms with van der Waals surface area (Å²) >= 11 is 12.1. The first kappa shape index (κ1) is 18.6. The van der Waals surface area contributed by atoms with Crippen LogP contribution in [0.4, 0.5) is 5.69 Å². The van der Waals surface area contributed by atoms with E-state index in [2.05, 4.69) is 5.32 Å². The van der Waals surface area contributed by atoms with E-state index in [0.717, 1.165) is 12.1 Å². The molecule has 134 valence electrons. The summed E-state index contributed by atoms with van der Waals surface area (Å²) in [5, 5.41) is 2.47. The number of carbonyl (C=O) groups is 3. The molecule has 7 nitrogen and oxygen atoms in total. The number of rotatable bonds is 4.